The van der Waals surface area contributed by atoms with Gasteiger partial charge in [0.2, 0.25) is 11.8 Å². The van der Waals surface area contributed by atoms with Gasteiger partial charge in [0.15, 0.2) is 0 Å². The molecule has 0 radical (unpaired) electrons. The normalized spacial score (nSPS) is 9.31. The summed E-state index contributed by atoms with van der Waals surface area (Å²) in [5, 5.41) is 4.69. The summed E-state index contributed by atoms with van der Waals surface area (Å²) in [6.45, 7) is -0.179. The van der Waals surface area contributed by atoms with Crippen LogP contribution in [-0.4, -0.2) is 30.6 Å². The molecule has 0 saturated heterocycles. The quantitative estimate of drug-likeness (QED) is 0.652. The number of primary amides is 1. The van der Waals surface area contributed by atoms with E-state index in [-0.39, 0.29) is 12.5 Å². The van der Waals surface area contributed by atoms with Crippen LogP contribution >= 0.6 is 0 Å². The van der Waals surface area contributed by atoms with Crippen molar-refractivity contribution in [3.63, 3.8) is 0 Å². The smallest absolute Gasteiger partial charge is 0.312 e. The van der Waals surface area contributed by atoms with E-state index in [4.69, 9.17) is 10.5 Å². The maximum Gasteiger partial charge on any atom is 0.312 e. The van der Waals surface area contributed by atoms with Crippen LogP contribution in [0.2, 0.25) is 0 Å². The zero-order valence-electron chi connectivity index (χ0n) is 8.69. The van der Waals surface area contributed by atoms with Crippen molar-refractivity contribution < 1.29 is 14.3 Å². The maximum atomic E-state index is 11.2. The van der Waals surface area contributed by atoms with Crippen LogP contribution in [0, 0.1) is 0 Å². The molecule has 0 aromatic carbocycles. The van der Waals surface area contributed by atoms with Gasteiger partial charge >= 0.3 is 6.03 Å². The third kappa shape index (κ3) is 3.82. The van der Waals surface area contributed by atoms with E-state index < -0.39 is 6.03 Å². The first-order valence-corrected chi connectivity index (χ1v) is 4.45. The summed E-state index contributed by atoms with van der Waals surface area (Å²) in [6, 6.07) is 2.49. The first-order valence-electron chi connectivity index (χ1n) is 4.45. The maximum absolute atomic E-state index is 11.2. The summed E-state index contributed by atoms with van der Waals surface area (Å²) in [5.41, 5.74) is 5.32. The predicted molar refractivity (Wildman–Crippen MR) is 57.0 cm³/mol. The Kier molecular flexibility index (Phi) is 4.07. The van der Waals surface area contributed by atoms with E-state index >= 15 is 0 Å². The van der Waals surface area contributed by atoms with Gasteiger partial charge in [-0.15, -0.1) is 0 Å². The molecule has 86 valence electrons. The number of nitrogens with zero attached hydrogens (tertiary/aromatic N) is 1. The molecule has 0 saturated carbocycles. The van der Waals surface area contributed by atoms with E-state index in [0.717, 1.165) is 0 Å². The first-order chi connectivity index (χ1) is 7.61. The molecular weight excluding hydrogens is 212 g/mol. The molecular formula is C9H12N4O3. The lowest BCUT2D eigenvalue weighted by atomic mass is 10.4. The number of amides is 3. The molecule has 1 rings (SSSR count). The van der Waals surface area contributed by atoms with Gasteiger partial charge in [0.1, 0.15) is 0 Å². The minimum atomic E-state index is -0.747. The number of methoxy groups -OCH3 is 1. The molecule has 1 aromatic rings. The highest BCUT2D eigenvalue weighted by Crippen LogP contribution is 2.10. The van der Waals surface area contributed by atoms with Crippen molar-refractivity contribution in [1.82, 2.24) is 10.3 Å². The Bertz CT molecular complexity index is 377. The van der Waals surface area contributed by atoms with Gasteiger partial charge in [0, 0.05) is 6.07 Å². The molecule has 0 aliphatic rings. The standard InChI is InChI=1S/C9H12N4O3/c1-16-8-3-2-6(4-11-8)13-7(14)5-12-9(10)15/h2-4H,5H2,1H3,(H,13,14)(H3,10,12,15). The SMILES string of the molecule is COc1ccc(NC(=O)CNC(N)=O)cn1. The Morgan fingerprint density at radius 3 is 2.75 bits per heavy atom. The summed E-state index contributed by atoms with van der Waals surface area (Å²) < 4.78 is 4.86. The molecule has 3 amide bonds. The molecule has 7 heteroatoms. The van der Waals surface area contributed by atoms with Crippen molar-refractivity contribution in [2.24, 2.45) is 5.73 Å². The van der Waals surface area contributed by atoms with E-state index in [1.807, 2.05) is 0 Å². The van der Waals surface area contributed by atoms with Crippen molar-refractivity contribution in [2.45, 2.75) is 0 Å². The minimum Gasteiger partial charge on any atom is -0.481 e. The first kappa shape index (κ1) is 11.8. The largest absolute Gasteiger partial charge is 0.481 e. The van der Waals surface area contributed by atoms with Crippen LogP contribution in [0.3, 0.4) is 0 Å². The summed E-state index contributed by atoms with van der Waals surface area (Å²) in [5.74, 6) is 0.0685. The topological polar surface area (TPSA) is 106 Å². The predicted octanol–water partition coefficient (Wildman–Crippen LogP) is -0.303. The van der Waals surface area contributed by atoms with Crippen LogP contribution in [0.5, 0.6) is 5.88 Å². The molecule has 0 unspecified atom stereocenters. The van der Waals surface area contributed by atoms with E-state index in [2.05, 4.69) is 15.6 Å². The second-order valence-corrected chi connectivity index (χ2v) is 2.86. The number of pyridine rings is 1. The van der Waals surface area contributed by atoms with E-state index in [9.17, 15) is 9.59 Å². The number of nitrogens with one attached hydrogen (secondary N) is 2. The molecule has 0 spiro atoms. The zero-order chi connectivity index (χ0) is 12.0. The van der Waals surface area contributed by atoms with Crippen molar-refractivity contribution in [3.8, 4) is 5.88 Å². The number of urea groups is 1. The summed E-state index contributed by atoms with van der Waals surface area (Å²) >= 11 is 0. The third-order valence-corrected chi connectivity index (χ3v) is 1.65. The Labute approximate surface area is 92.0 Å². The van der Waals surface area contributed by atoms with E-state index in [1.54, 1.807) is 12.1 Å². The van der Waals surface area contributed by atoms with Crippen LogP contribution in [0.25, 0.3) is 0 Å². The average molecular weight is 224 g/mol. The number of carbonyl (C=O) groups is 2. The van der Waals surface area contributed by atoms with Crippen LogP contribution in [-0.2, 0) is 4.79 Å². The van der Waals surface area contributed by atoms with Gasteiger partial charge in [0.05, 0.1) is 25.5 Å². The minimum absolute atomic E-state index is 0.179. The van der Waals surface area contributed by atoms with Gasteiger partial charge in [-0.25, -0.2) is 9.78 Å². The molecule has 1 heterocycles. The van der Waals surface area contributed by atoms with Gasteiger partial charge in [0.25, 0.3) is 0 Å². The number of hydrogen-bond acceptors (Lipinski definition) is 4. The fourth-order valence-electron chi connectivity index (χ4n) is 0.948. The molecule has 16 heavy (non-hydrogen) atoms. The third-order valence-electron chi connectivity index (χ3n) is 1.65. The Hall–Kier alpha value is -2.31. The van der Waals surface area contributed by atoms with Crippen molar-refractivity contribution >= 4 is 17.6 Å². The highest BCUT2D eigenvalue weighted by atomic mass is 16.5. The monoisotopic (exact) mass is 224 g/mol. The summed E-state index contributed by atoms with van der Waals surface area (Å²) in [6.07, 6.45) is 1.45. The number of aromatic nitrogens is 1. The number of carbonyl (C=O) groups excluding carboxylic acids is 2. The average Bonchev–Trinajstić information content (AvgIpc) is 2.27. The summed E-state index contributed by atoms with van der Waals surface area (Å²) in [7, 11) is 1.50. The van der Waals surface area contributed by atoms with Crippen molar-refractivity contribution in [2.75, 3.05) is 19.0 Å². The van der Waals surface area contributed by atoms with Gasteiger partial charge in [-0.1, -0.05) is 0 Å². The van der Waals surface area contributed by atoms with Crippen molar-refractivity contribution in [3.05, 3.63) is 18.3 Å². The number of ether oxygens (including phenoxy) is 1. The van der Waals surface area contributed by atoms with Crippen molar-refractivity contribution in [1.29, 1.82) is 0 Å². The fourth-order valence-corrected chi connectivity index (χ4v) is 0.948. The second-order valence-electron chi connectivity index (χ2n) is 2.86. The summed E-state index contributed by atoms with van der Waals surface area (Å²) in [4.78, 5) is 25.5. The zero-order valence-corrected chi connectivity index (χ0v) is 8.69. The van der Waals surface area contributed by atoms with Gasteiger partial charge in [-0.2, -0.15) is 0 Å². The number of hydrogen-bond donors (Lipinski definition) is 3. The molecule has 7 nitrogen and oxygen atoms in total. The molecule has 0 atom stereocenters. The molecule has 0 bridgehead atoms. The van der Waals surface area contributed by atoms with Gasteiger partial charge in [-0.05, 0) is 6.07 Å². The lowest BCUT2D eigenvalue weighted by Gasteiger charge is -2.05. The van der Waals surface area contributed by atoms with Crippen LogP contribution < -0.4 is 21.1 Å². The van der Waals surface area contributed by atoms with Crippen LogP contribution in [0.1, 0.15) is 0 Å². The molecule has 0 aliphatic heterocycles. The number of anilines is 1. The van der Waals surface area contributed by atoms with E-state index in [0.29, 0.717) is 11.6 Å². The number of nitrogens with two attached hydrogens (primary N) is 1. The Balaban J connectivity index is 2.46. The van der Waals surface area contributed by atoms with Crippen LogP contribution in [0.4, 0.5) is 10.5 Å². The van der Waals surface area contributed by atoms with Gasteiger partial charge < -0.3 is 21.1 Å². The number of rotatable bonds is 4. The molecule has 4 N–H and O–H groups in total. The second kappa shape index (κ2) is 5.54. The lowest BCUT2D eigenvalue weighted by Crippen LogP contribution is -2.36. The molecule has 0 fully saturated rings. The van der Waals surface area contributed by atoms with Gasteiger partial charge in [-0.3, -0.25) is 4.79 Å². The van der Waals surface area contributed by atoms with E-state index in [1.165, 1.54) is 13.3 Å². The lowest BCUT2D eigenvalue weighted by molar-refractivity contribution is -0.115. The Morgan fingerprint density at radius 2 is 2.25 bits per heavy atom. The fraction of sp³-hybridized carbons (Fsp3) is 0.222. The molecule has 0 aliphatic carbocycles. The highest BCUT2D eigenvalue weighted by molar-refractivity contribution is 5.93. The Morgan fingerprint density at radius 1 is 1.50 bits per heavy atom. The molecule has 1 aromatic heterocycles. The highest BCUT2D eigenvalue weighted by Gasteiger charge is 2.03. The van der Waals surface area contributed by atoms with Crippen LogP contribution in [0.15, 0.2) is 18.3 Å².